The maximum absolute atomic E-state index is 16.2. The Balaban J connectivity index is 0.00000210. The summed E-state index contributed by atoms with van der Waals surface area (Å²) in [7, 11) is 0. The van der Waals surface area contributed by atoms with E-state index in [9.17, 15) is 10.4 Å². The number of nitriles is 1. The zero-order valence-corrected chi connectivity index (χ0v) is 22.8. The third kappa shape index (κ3) is 6.25. The zero-order chi connectivity index (χ0) is 26.3. The fourth-order valence-corrected chi connectivity index (χ4v) is 4.64. The first-order valence-corrected chi connectivity index (χ1v) is 12.9. The largest absolute Gasteiger partial charge is 0.387 e. The van der Waals surface area contributed by atoms with Gasteiger partial charge < -0.3 is 10.4 Å². The minimum absolute atomic E-state index is 0.147. The average Bonchev–Trinajstić information content (AvgIpc) is 2.83. The van der Waals surface area contributed by atoms with Crippen LogP contribution in [-0.4, -0.2) is 16.1 Å². The number of hydrogen-bond donors (Lipinski definition) is 2. The van der Waals surface area contributed by atoms with Crippen LogP contribution in [-0.2, 0) is 6.42 Å². The number of aliphatic hydroxyl groups excluding tert-OH is 1. The van der Waals surface area contributed by atoms with E-state index in [1.165, 1.54) is 0 Å². The van der Waals surface area contributed by atoms with Crippen molar-refractivity contribution in [1.29, 1.82) is 5.26 Å². The molecule has 0 fully saturated rings. The van der Waals surface area contributed by atoms with Crippen LogP contribution >= 0.6 is 23.2 Å². The number of hydrogen-bond acceptors (Lipinski definition) is 4. The minimum Gasteiger partial charge on any atom is -0.387 e. The van der Waals surface area contributed by atoms with E-state index in [2.05, 4.69) is 30.2 Å². The molecule has 2 unspecified atom stereocenters. The summed E-state index contributed by atoms with van der Waals surface area (Å²) in [6.45, 7) is 11.7. The first-order valence-electron chi connectivity index (χ1n) is 12.1. The van der Waals surface area contributed by atoms with E-state index in [0.29, 0.717) is 33.7 Å². The van der Waals surface area contributed by atoms with Gasteiger partial charge in [0.15, 0.2) is 5.82 Å². The van der Waals surface area contributed by atoms with E-state index >= 15 is 4.39 Å². The molecule has 7 heteroatoms. The van der Waals surface area contributed by atoms with Gasteiger partial charge in [-0.3, -0.25) is 0 Å². The van der Waals surface area contributed by atoms with E-state index in [-0.39, 0.29) is 28.6 Å². The lowest BCUT2D eigenvalue weighted by Gasteiger charge is -2.23. The van der Waals surface area contributed by atoms with Crippen molar-refractivity contribution in [3.8, 4) is 17.2 Å². The van der Waals surface area contributed by atoms with Crippen molar-refractivity contribution in [3.63, 3.8) is 0 Å². The number of fused-ring (bicyclic) bond motifs is 1. The van der Waals surface area contributed by atoms with Gasteiger partial charge in [-0.1, -0.05) is 62.5 Å². The van der Waals surface area contributed by atoms with Gasteiger partial charge in [0.25, 0.3) is 0 Å². The summed E-state index contributed by atoms with van der Waals surface area (Å²) in [6, 6.07) is 9.24. The molecule has 35 heavy (non-hydrogen) atoms. The van der Waals surface area contributed by atoms with Crippen molar-refractivity contribution >= 4 is 39.8 Å². The van der Waals surface area contributed by atoms with Crippen LogP contribution in [0, 0.1) is 24.1 Å². The lowest BCUT2D eigenvalue weighted by molar-refractivity contribution is 0.194. The Kier molecular flexibility index (Phi) is 10.8. The molecule has 0 saturated heterocycles. The van der Waals surface area contributed by atoms with Crippen LogP contribution in [0.25, 0.3) is 22.0 Å². The summed E-state index contributed by atoms with van der Waals surface area (Å²) in [5.74, 6) is -0.544. The molecule has 0 amide bonds. The molecule has 4 nitrogen and oxygen atoms in total. The first-order chi connectivity index (χ1) is 16.7. The molecule has 0 aliphatic heterocycles. The summed E-state index contributed by atoms with van der Waals surface area (Å²) < 4.78 is 16.2. The van der Waals surface area contributed by atoms with E-state index in [1.807, 2.05) is 26.8 Å². The molecule has 2 aromatic carbocycles. The molecular formula is C28H34Cl2FN3O. The summed E-state index contributed by atoms with van der Waals surface area (Å²) in [4.78, 5) is 4.54. The summed E-state index contributed by atoms with van der Waals surface area (Å²) >= 11 is 12.7. The van der Waals surface area contributed by atoms with Crippen LogP contribution in [0.4, 0.5) is 10.1 Å². The van der Waals surface area contributed by atoms with Gasteiger partial charge in [0.1, 0.15) is 5.52 Å². The third-order valence-electron chi connectivity index (χ3n) is 5.82. The zero-order valence-electron chi connectivity index (χ0n) is 21.3. The summed E-state index contributed by atoms with van der Waals surface area (Å²) in [5.41, 5.74) is 3.48. The minimum atomic E-state index is -0.868. The molecule has 0 spiro atoms. The quantitative estimate of drug-likeness (QED) is 0.313. The Labute approximate surface area is 218 Å². The number of nitrogens with zero attached hydrogens (tertiary/aromatic N) is 2. The smallest absolute Gasteiger partial charge is 0.157 e. The number of anilines is 1. The van der Waals surface area contributed by atoms with Gasteiger partial charge in [-0.2, -0.15) is 5.26 Å². The van der Waals surface area contributed by atoms with Gasteiger partial charge in [0.2, 0.25) is 0 Å². The molecule has 1 heterocycles. The number of nitrogens with one attached hydrogen (secondary N) is 1. The molecule has 2 N–H and O–H groups in total. The fourth-order valence-electron chi connectivity index (χ4n) is 4.25. The van der Waals surface area contributed by atoms with Crippen molar-refractivity contribution < 1.29 is 9.50 Å². The lowest BCUT2D eigenvalue weighted by Crippen LogP contribution is -2.17. The Hall–Kier alpha value is -2.39. The fraction of sp³-hybridized carbons (Fsp3) is 0.429. The van der Waals surface area contributed by atoms with Crippen LogP contribution in [0.15, 0.2) is 24.3 Å². The molecule has 0 radical (unpaired) electrons. The average molecular weight is 519 g/mol. The molecule has 3 aromatic rings. The molecule has 1 aromatic heterocycles. The Morgan fingerprint density at radius 3 is 2.51 bits per heavy atom. The number of aromatic nitrogens is 1. The molecule has 0 aliphatic carbocycles. The van der Waals surface area contributed by atoms with Gasteiger partial charge in [-0.15, -0.1) is 0 Å². The number of rotatable bonds is 8. The van der Waals surface area contributed by atoms with Crippen LogP contribution in [0.3, 0.4) is 0 Å². The lowest BCUT2D eigenvalue weighted by atomic mass is 9.92. The molecule has 0 bridgehead atoms. The topological polar surface area (TPSA) is 68.9 Å². The predicted octanol–water partition coefficient (Wildman–Crippen LogP) is 8.79. The van der Waals surface area contributed by atoms with Crippen molar-refractivity contribution in [3.05, 3.63) is 56.9 Å². The molecule has 0 aliphatic rings. The maximum atomic E-state index is 16.2. The van der Waals surface area contributed by atoms with Gasteiger partial charge >= 0.3 is 0 Å². The van der Waals surface area contributed by atoms with E-state index in [0.717, 1.165) is 24.1 Å². The normalized spacial score (nSPS) is 12.5. The maximum Gasteiger partial charge on any atom is 0.157 e. The van der Waals surface area contributed by atoms with E-state index in [1.54, 1.807) is 25.1 Å². The number of pyridine rings is 1. The number of aliphatic hydroxyl groups is 1. The second-order valence-corrected chi connectivity index (χ2v) is 9.17. The van der Waals surface area contributed by atoms with E-state index < -0.39 is 11.9 Å². The summed E-state index contributed by atoms with van der Waals surface area (Å²) in [6.07, 6.45) is 1.64. The van der Waals surface area contributed by atoms with Crippen LogP contribution < -0.4 is 5.32 Å². The monoisotopic (exact) mass is 517 g/mol. The van der Waals surface area contributed by atoms with Crippen molar-refractivity contribution in [2.45, 2.75) is 79.4 Å². The van der Waals surface area contributed by atoms with Crippen molar-refractivity contribution in [2.75, 3.05) is 5.32 Å². The molecular weight excluding hydrogens is 484 g/mol. The second kappa shape index (κ2) is 13.1. The van der Waals surface area contributed by atoms with Crippen LogP contribution in [0.1, 0.15) is 76.8 Å². The molecule has 3 rings (SSSR count). The number of halogens is 3. The van der Waals surface area contributed by atoms with Gasteiger partial charge in [0, 0.05) is 34.7 Å². The first kappa shape index (κ1) is 28.8. The van der Waals surface area contributed by atoms with Crippen LogP contribution in [0.5, 0.6) is 0 Å². The Morgan fingerprint density at radius 2 is 1.91 bits per heavy atom. The highest BCUT2D eigenvalue weighted by Crippen LogP contribution is 2.42. The van der Waals surface area contributed by atoms with E-state index in [4.69, 9.17) is 23.2 Å². The predicted molar refractivity (Wildman–Crippen MR) is 146 cm³/mol. The highest BCUT2D eigenvalue weighted by molar-refractivity contribution is 6.43. The number of benzene rings is 2. The standard InChI is InChI=1S/C26H28Cl2FN3O.C2H6/c1-5-8-14(2)31-25-15(3)24(16(4)33)32-26-19(25)13-17(9-7-12-30)21(23(26)29)18-10-6-11-20(27)22(18)28;1-2/h6,10-11,13-14,16,33H,5,7-9H2,1-4H3,(H,31,32);1-2H3. The van der Waals surface area contributed by atoms with Gasteiger partial charge in [-0.25, -0.2) is 9.37 Å². The Morgan fingerprint density at radius 1 is 1.23 bits per heavy atom. The highest BCUT2D eigenvalue weighted by atomic mass is 35.5. The highest BCUT2D eigenvalue weighted by Gasteiger charge is 2.24. The third-order valence-corrected chi connectivity index (χ3v) is 6.64. The van der Waals surface area contributed by atoms with Gasteiger partial charge in [0.05, 0.1) is 27.9 Å². The molecule has 2 atom stereocenters. The second-order valence-electron chi connectivity index (χ2n) is 8.39. The molecule has 188 valence electrons. The van der Waals surface area contributed by atoms with Gasteiger partial charge in [-0.05, 0) is 56.9 Å². The molecule has 0 saturated carbocycles. The SMILES string of the molecule is CC.CCCC(C)Nc1c(C)c(C(C)O)nc2c(F)c(-c3cccc(Cl)c3Cl)c(CCC#N)cc12. The van der Waals surface area contributed by atoms with Crippen molar-refractivity contribution in [1.82, 2.24) is 4.98 Å². The van der Waals surface area contributed by atoms with Crippen LogP contribution in [0.2, 0.25) is 10.0 Å². The summed E-state index contributed by atoms with van der Waals surface area (Å²) in [5, 5.41) is 24.3. The number of aryl methyl sites for hydroxylation is 1. The van der Waals surface area contributed by atoms with Crippen molar-refractivity contribution in [2.24, 2.45) is 0 Å². The Bertz CT molecular complexity index is 1220.